The van der Waals surface area contributed by atoms with Gasteiger partial charge in [-0.1, -0.05) is 58.8 Å². The van der Waals surface area contributed by atoms with Crippen molar-refractivity contribution in [2.75, 3.05) is 6.61 Å². The molecule has 0 amide bonds. The molecular formula is C30H44O6. The summed E-state index contributed by atoms with van der Waals surface area (Å²) >= 11 is 0. The molecular weight excluding hydrogens is 456 g/mol. The third-order valence-corrected chi connectivity index (χ3v) is 8.83. The highest BCUT2D eigenvalue weighted by Gasteiger charge is 2.59. The van der Waals surface area contributed by atoms with E-state index in [2.05, 4.69) is 34.3 Å². The molecule has 36 heavy (non-hydrogen) atoms. The Morgan fingerprint density at radius 2 is 1.83 bits per heavy atom. The lowest BCUT2D eigenvalue weighted by Gasteiger charge is -2.60. The smallest absolute Gasteiger partial charge is 0.342 e. The maximum atomic E-state index is 12.7. The van der Waals surface area contributed by atoms with Gasteiger partial charge in [0.2, 0.25) is 0 Å². The van der Waals surface area contributed by atoms with Gasteiger partial charge in [0, 0.05) is 18.3 Å². The second kappa shape index (κ2) is 12.2. The molecule has 0 aromatic carbocycles. The topological polar surface area (TPSA) is 78.9 Å². The number of esters is 3. The molecule has 0 radical (unpaired) electrons. The fraction of sp³-hybridized carbons (Fsp3) is 0.700. The zero-order chi connectivity index (χ0) is 26.3. The molecule has 1 heterocycles. The van der Waals surface area contributed by atoms with Crippen LogP contribution in [0.5, 0.6) is 0 Å². The van der Waals surface area contributed by atoms with E-state index in [0.29, 0.717) is 24.8 Å². The first-order valence-corrected chi connectivity index (χ1v) is 13.8. The molecule has 2 aliphatic carbocycles. The van der Waals surface area contributed by atoms with Gasteiger partial charge in [-0.25, -0.2) is 4.79 Å². The molecule has 2 saturated carbocycles. The summed E-state index contributed by atoms with van der Waals surface area (Å²) in [6.45, 7) is 13.2. The number of carbonyl (C=O) groups is 3. The molecule has 1 aliphatic heterocycles. The number of unbranched alkanes of at least 4 members (excludes halogenated alkanes) is 2. The van der Waals surface area contributed by atoms with Gasteiger partial charge in [-0.15, -0.1) is 0 Å². The van der Waals surface area contributed by atoms with Crippen LogP contribution in [-0.4, -0.2) is 30.6 Å². The van der Waals surface area contributed by atoms with Crippen LogP contribution in [0.1, 0.15) is 98.3 Å². The number of ether oxygens (including phenoxy) is 3. The van der Waals surface area contributed by atoms with Crippen molar-refractivity contribution in [2.24, 2.45) is 22.7 Å². The van der Waals surface area contributed by atoms with Crippen molar-refractivity contribution in [3.05, 3.63) is 36.1 Å². The van der Waals surface area contributed by atoms with E-state index in [-0.39, 0.29) is 47.9 Å². The van der Waals surface area contributed by atoms with Gasteiger partial charge < -0.3 is 14.2 Å². The number of carbonyl (C=O) groups excluding carboxylic acids is 3. The van der Waals surface area contributed by atoms with Gasteiger partial charge in [0.1, 0.15) is 12.7 Å². The van der Waals surface area contributed by atoms with Crippen LogP contribution >= 0.6 is 0 Å². The highest BCUT2D eigenvalue weighted by molar-refractivity contribution is 5.94. The summed E-state index contributed by atoms with van der Waals surface area (Å²) in [6, 6.07) is 0. The molecule has 0 aromatic heterocycles. The second-order valence-electron chi connectivity index (χ2n) is 11.3. The maximum absolute atomic E-state index is 12.7. The minimum Gasteiger partial charge on any atom is -0.465 e. The lowest BCUT2D eigenvalue weighted by atomic mass is 9.46. The first-order valence-electron chi connectivity index (χ1n) is 13.8. The lowest BCUT2D eigenvalue weighted by molar-refractivity contribution is -0.193. The Morgan fingerprint density at radius 1 is 1.14 bits per heavy atom. The van der Waals surface area contributed by atoms with Crippen LogP contribution in [0.15, 0.2) is 36.1 Å². The van der Waals surface area contributed by atoms with Crippen molar-refractivity contribution >= 4 is 17.9 Å². The summed E-state index contributed by atoms with van der Waals surface area (Å²) in [5, 5.41) is 0. The van der Waals surface area contributed by atoms with Crippen molar-refractivity contribution in [2.45, 2.75) is 104 Å². The molecule has 200 valence electrons. The predicted octanol–water partition coefficient (Wildman–Crippen LogP) is 6.60. The minimum atomic E-state index is -0.491. The lowest BCUT2D eigenvalue weighted by Crippen LogP contribution is -2.58. The molecule has 0 bridgehead atoms. The molecule has 0 unspecified atom stereocenters. The summed E-state index contributed by atoms with van der Waals surface area (Å²) in [5.41, 5.74) is 1.17. The van der Waals surface area contributed by atoms with Crippen molar-refractivity contribution < 1.29 is 28.6 Å². The van der Waals surface area contributed by atoms with E-state index in [1.807, 2.05) is 6.08 Å². The first-order chi connectivity index (χ1) is 17.2. The van der Waals surface area contributed by atoms with Crippen molar-refractivity contribution in [1.82, 2.24) is 0 Å². The maximum Gasteiger partial charge on any atom is 0.342 e. The molecule has 0 N–H and O–H groups in total. The highest BCUT2D eigenvalue weighted by atomic mass is 16.6. The van der Waals surface area contributed by atoms with Crippen molar-refractivity contribution in [1.29, 1.82) is 0 Å². The van der Waals surface area contributed by atoms with Gasteiger partial charge in [-0.3, -0.25) is 9.59 Å². The standard InChI is InChI=1S/C30H44O6/c1-6-8-10-26(31)35-20-30(5)24-15-12-21(3)23(14-13-22-17-19-34-28(22)33)29(24,4)18-16-25(30)36-27(32)11-9-7-2/h13,17,19,23-25H,3,6-12,14-16,18,20H2,1-2,4-5H3/b22-13+/t23-,24+,25-,29+,30+/m1/s1. The Hall–Kier alpha value is -2.37. The van der Waals surface area contributed by atoms with Crippen LogP contribution in [0.3, 0.4) is 0 Å². The molecule has 3 aliphatic rings. The number of fused-ring (bicyclic) bond motifs is 1. The third-order valence-electron chi connectivity index (χ3n) is 8.83. The fourth-order valence-corrected chi connectivity index (χ4v) is 6.66. The van der Waals surface area contributed by atoms with E-state index >= 15 is 0 Å². The van der Waals surface area contributed by atoms with Gasteiger partial charge in [0.05, 0.1) is 11.8 Å². The summed E-state index contributed by atoms with van der Waals surface area (Å²) in [4.78, 5) is 37.1. The normalized spacial score (nSPS) is 32.8. The summed E-state index contributed by atoms with van der Waals surface area (Å²) in [6.07, 6.45) is 13.2. The quantitative estimate of drug-likeness (QED) is 0.138. The molecule has 6 nitrogen and oxygen atoms in total. The van der Waals surface area contributed by atoms with Gasteiger partial charge in [-0.05, 0) is 68.3 Å². The molecule has 6 heteroatoms. The van der Waals surface area contributed by atoms with Crippen LogP contribution in [0.2, 0.25) is 0 Å². The van der Waals surface area contributed by atoms with Gasteiger partial charge in [0.25, 0.3) is 0 Å². The van der Waals surface area contributed by atoms with E-state index in [0.717, 1.165) is 51.4 Å². The van der Waals surface area contributed by atoms with E-state index in [9.17, 15) is 14.4 Å². The predicted molar refractivity (Wildman–Crippen MR) is 139 cm³/mol. The Balaban J connectivity index is 1.86. The SMILES string of the molecule is C=C1CC[C@@H]2[C@](C)(COC(=O)CCCC)[C@H](OC(=O)CCCC)CC[C@@]2(C)[C@@H]1C/C=C1\C=COC1=O. The van der Waals surface area contributed by atoms with Crippen LogP contribution in [0.4, 0.5) is 0 Å². The largest absolute Gasteiger partial charge is 0.465 e. The molecule has 0 saturated heterocycles. The third kappa shape index (κ3) is 6.12. The summed E-state index contributed by atoms with van der Waals surface area (Å²) in [7, 11) is 0. The Bertz CT molecular complexity index is 901. The van der Waals surface area contributed by atoms with E-state index in [4.69, 9.17) is 14.2 Å². The fourth-order valence-electron chi connectivity index (χ4n) is 6.66. The number of rotatable bonds is 11. The minimum absolute atomic E-state index is 0.116. The van der Waals surface area contributed by atoms with Crippen LogP contribution < -0.4 is 0 Å². The molecule has 0 spiro atoms. The van der Waals surface area contributed by atoms with Gasteiger partial charge in [-0.2, -0.15) is 0 Å². The van der Waals surface area contributed by atoms with E-state index < -0.39 is 5.41 Å². The van der Waals surface area contributed by atoms with Crippen molar-refractivity contribution in [3.63, 3.8) is 0 Å². The zero-order valence-corrected chi connectivity index (χ0v) is 22.6. The van der Waals surface area contributed by atoms with Crippen molar-refractivity contribution in [3.8, 4) is 0 Å². The number of allylic oxidation sites excluding steroid dienone is 2. The average Bonchev–Trinajstić information content (AvgIpc) is 3.26. The van der Waals surface area contributed by atoms with E-state index in [1.54, 1.807) is 6.08 Å². The first kappa shape index (κ1) is 28.2. The van der Waals surface area contributed by atoms with E-state index in [1.165, 1.54) is 11.8 Å². The summed E-state index contributed by atoms with van der Waals surface area (Å²) in [5.74, 6) is -0.305. The van der Waals surface area contributed by atoms with Crippen LogP contribution in [0, 0.1) is 22.7 Å². The van der Waals surface area contributed by atoms with Gasteiger partial charge in [0.15, 0.2) is 0 Å². The Morgan fingerprint density at radius 3 is 2.47 bits per heavy atom. The monoisotopic (exact) mass is 500 g/mol. The number of hydrogen-bond acceptors (Lipinski definition) is 6. The van der Waals surface area contributed by atoms with Crippen LogP contribution in [-0.2, 0) is 28.6 Å². The zero-order valence-electron chi connectivity index (χ0n) is 22.6. The number of hydrogen-bond donors (Lipinski definition) is 0. The Kier molecular flexibility index (Phi) is 9.59. The average molecular weight is 501 g/mol. The Labute approximate surface area is 216 Å². The molecule has 2 fully saturated rings. The highest BCUT2D eigenvalue weighted by Crippen LogP contribution is 2.62. The van der Waals surface area contributed by atoms with Gasteiger partial charge >= 0.3 is 17.9 Å². The number of cyclic esters (lactones) is 1. The second-order valence-corrected chi connectivity index (χ2v) is 11.3. The molecule has 5 atom stereocenters. The molecule has 3 rings (SSSR count). The van der Waals surface area contributed by atoms with Crippen LogP contribution in [0.25, 0.3) is 0 Å². The molecule has 0 aromatic rings. The summed E-state index contributed by atoms with van der Waals surface area (Å²) < 4.78 is 16.9.